The van der Waals surface area contributed by atoms with Crippen molar-refractivity contribution in [2.45, 2.75) is 39.3 Å². The van der Waals surface area contributed by atoms with Gasteiger partial charge in [0, 0.05) is 12.1 Å². The van der Waals surface area contributed by atoms with Crippen LogP contribution in [0.15, 0.2) is 18.2 Å². The molecule has 1 N–H and O–H groups in total. The van der Waals surface area contributed by atoms with E-state index in [1.165, 1.54) is 12.8 Å². The molecule has 0 radical (unpaired) electrons. The zero-order chi connectivity index (χ0) is 14.5. The first-order valence-electron chi connectivity index (χ1n) is 7.11. The van der Waals surface area contributed by atoms with Crippen molar-refractivity contribution >= 4 is 5.97 Å². The highest BCUT2D eigenvalue weighted by molar-refractivity contribution is 5.91. The van der Waals surface area contributed by atoms with Crippen molar-refractivity contribution in [1.29, 1.82) is 0 Å². The van der Waals surface area contributed by atoms with Gasteiger partial charge < -0.3 is 10.1 Å². The number of rotatable bonds is 6. The molecule has 0 atom stereocenters. The minimum Gasteiger partial charge on any atom is -0.459 e. The normalized spacial score (nSPS) is 14.1. The average Bonchev–Trinajstić information content (AvgIpc) is 3.21. The third-order valence-corrected chi connectivity index (χ3v) is 3.28. The molecular weight excluding hydrogens is 250 g/mol. The number of nitrogens with one attached hydrogen (secondary N) is 1. The molecule has 0 unspecified atom stereocenters. The average molecular weight is 271 g/mol. The molecule has 1 saturated carbocycles. The second-order valence-corrected chi connectivity index (χ2v) is 5.54. The monoisotopic (exact) mass is 271 g/mol. The summed E-state index contributed by atoms with van der Waals surface area (Å²) in [5, 5.41) is 3.39. The van der Waals surface area contributed by atoms with E-state index in [0.717, 1.165) is 23.6 Å². The first-order valence-corrected chi connectivity index (χ1v) is 7.11. The van der Waals surface area contributed by atoms with Crippen LogP contribution in [0.2, 0.25) is 0 Å². The van der Waals surface area contributed by atoms with Crippen LogP contribution in [0.4, 0.5) is 0 Å². The Hall–Kier alpha value is -1.79. The quantitative estimate of drug-likeness (QED) is 0.638. The fourth-order valence-corrected chi connectivity index (χ4v) is 2.04. The second-order valence-electron chi connectivity index (χ2n) is 5.54. The molecule has 0 heterocycles. The van der Waals surface area contributed by atoms with Crippen molar-refractivity contribution in [3.63, 3.8) is 0 Å². The van der Waals surface area contributed by atoms with Gasteiger partial charge in [-0.2, -0.15) is 0 Å². The molecule has 3 heteroatoms. The second kappa shape index (κ2) is 6.58. The SMILES string of the molecule is C#Cc1ccc(C(=O)OC(C)C)c(CNCC2CC2)c1. The van der Waals surface area contributed by atoms with Crippen LogP contribution in [-0.2, 0) is 11.3 Å². The van der Waals surface area contributed by atoms with Gasteiger partial charge >= 0.3 is 5.97 Å². The van der Waals surface area contributed by atoms with Crippen LogP contribution < -0.4 is 5.32 Å². The molecule has 20 heavy (non-hydrogen) atoms. The van der Waals surface area contributed by atoms with Crippen molar-refractivity contribution < 1.29 is 9.53 Å². The van der Waals surface area contributed by atoms with Crippen LogP contribution in [0.3, 0.4) is 0 Å². The summed E-state index contributed by atoms with van der Waals surface area (Å²) in [5.74, 6) is 3.12. The zero-order valence-electron chi connectivity index (χ0n) is 12.1. The first-order chi connectivity index (χ1) is 9.60. The van der Waals surface area contributed by atoms with Gasteiger partial charge in [0.15, 0.2) is 0 Å². The zero-order valence-corrected chi connectivity index (χ0v) is 12.1. The Morgan fingerprint density at radius 3 is 2.85 bits per heavy atom. The smallest absolute Gasteiger partial charge is 0.338 e. The van der Waals surface area contributed by atoms with Crippen LogP contribution >= 0.6 is 0 Å². The van der Waals surface area contributed by atoms with Gasteiger partial charge in [-0.3, -0.25) is 0 Å². The number of ether oxygens (including phenoxy) is 1. The van der Waals surface area contributed by atoms with E-state index < -0.39 is 0 Å². The predicted octanol–water partition coefficient (Wildman–Crippen LogP) is 2.73. The van der Waals surface area contributed by atoms with Crippen LogP contribution in [0, 0.1) is 18.3 Å². The summed E-state index contributed by atoms with van der Waals surface area (Å²) in [4.78, 5) is 12.1. The minimum atomic E-state index is -0.285. The molecule has 0 bridgehead atoms. The van der Waals surface area contributed by atoms with Gasteiger partial charge in [0.25, 0.3) is 0 Å². The van der Waals surface area contributed by atoms with Crippen LogP contribution in [0.1, 0.15) is 48.2 Å². The van der Waals surface area contributed by atoms with E-state index in [1.54, 1.807) is 12.1 Å². The van der Waals surface area contributed by atoms with Gasteiger partial charge in [-0.25, -0.2) is 4.79 Å². The summed E-state index contributed by atoms with van der Waals surface area (Å²) in [7, 11) is 0. The number of terminal acetylenes is 1. The third-order valence-electron chi connectivity index (χ3n) is 3.28. The van der Waals surface area contributed by atoms with Crippen LogP contribution in [0.5, 0.6) is 0 Å². The molecule has 1 aromatic rings. The van der Waals surface area contributed by atoms with E-state index in [-0.39, 0.29) is 12.1 Å². The van der Waals surface area contributed by atoms with Crippen molar-refractivity contribution in [3.8, 4) is 12.3 Å². The Morgan fingerprint density at radius 2 is 2.25 bits per heavy atom. The van der Waals surface area contributed by atoms with E-state index in [9.17, 15) is 4.79 Å². The lowest BCUT2D eigenvalue weighted by Gasteiger charge is -2.13. The predicted molar refractivity (Wildman–Crippen MR) is 79.4 cm³/mol. The molecule has 1 aliphatic rings. The lowest BCUT2D eigenvalue weighted by molar-refractivity contribution is 0.0376. The highest BCUT2D eigenvalue weighted by Gasteiger charge is 2.21. The molecule has 0 saturated heterocycles. The fourth-order valence-electron chi connectivity index (χ4n) is 2.04. The van der Waals surface area contributed by atoms with Gasteiger partial charge in [0.2, 0.25) is 0 Å². The van der Waals surface area contributed by atoms with Crippen molar-refractivity contribution in [1.82, 2.24) is 5.32 Å². The Morgan fingerprint density at radius 1 is 1.50 bits per heavy atom. The number of carbonyl (C=O) groups is 1. The molecule has 1 aliphatic carbocycles. The van der Waals surface area contributed by atoms with Crippen LogP contribution in [0.25, 0.3) is 0 Å². The maximum Gasteiger partial charge on any atom is 0.338 e. The van der Waals surface area contributed by atoms with E-state index in [0.29, 0.717) is 12.1 Å². The van der Waals surface area contributed by atoms with Gasteiger partial charge in [-0.15, -0.1) is 6.42 Å². The molecule has 0 aliphatic heterocycles. The molecule has 0 aromatic heterocycles. The van der Waals surface area contributed by atoms with E-state index in [1.807, 2.05) is 19.9 Å². The Balaban J connectivity index is 2.11. The minimum absolute atomic E-state index is 0.123. The van der Waals surface area contributed by atoms with Crippen molar-refractivity contribution in [3.05, 3.63) is 34.9 Å². The number of hydrogen-bond donors (Lipinski definition) is 1. The van der Waals surface area contributed by atoms with E-state index in [4.69, 9.17) is 11.2 Å². The summed E-state index contributed by atoms with van der Waals surface area (Å²) < 4.78 is 5.27. The highest BCUT2D eigenvalue weighted by atomic mass is 16.5. The Labute approximate surface area is 120 Å². The maximum atomic E-state index is 12.1. The van der Waals surface area contributed by atoms with Gasteiger partial charge in [-0.1, -0.05) is 5.92 Å². The van der Waals surface area contributed by atoms with Gasteiger partial charge in [0.1, 0.15) is 0 Å². The van der Waals surface area contributed by atoms with Crippen molar-refractivity contribution in [2.75, 3.05) is 6.54 Å². The lowest BCUT2D eigenvalue weighted by Crippen LogP contribution is -2.20. The summed E-state index contributed by atoms with van der Waals surface area (Å²) in [6.07, 6.45) is 7.91. The number of esters is 1. The van der Waals surface area contributed by atoms with Crippen molar-refractivity contribution in [2.24, 2.45) is 5.92 Å². The molecule has 0 spiro atoms. The summed E-state index contributed by atoms with van der Waals surface area (Å²) in [6.45, 7) is 5.34. The maximum absolute atomic E-state index is 12.1. The number of carbonyl (C=O) groups excluding carboxylic acids is 1. The van der Waals surface area contributed by atoms with E-state index >= 15 is 0 Å². The topological polar surface area (TPSA) is 38.3 Å². The van der Waals surface area contributed by atoms with E-state index in [2.05, 4.69) is 11.2 Å². The molecule has 1 fully saturated rings. The molecule has 3 nitrogen and oxygen atoms in total. The molecule has 106 valence electrons. The lowest BCUT2D eigenvalue weighted by atomic mass is 10.0. The summed E-state index contributed by atoms with van der Waals surface area (Å²) >= 11 is 0. The molecule has 1 aromatic carbocycles. The molecule has 0 amide bonds. The standard InChI is InChI=1S/C17H21NO2/c1-4-13-7-8-16(17(19)20-12(2)3)15(9-13)11-18-10-14-5-6-14/h1,7-9,12,14,18H,5-6,10-11H2,2-3H3. The Bertz CT molecular complexity index is 524. The summed E-state index contributed by atoms with van der Waals surface area (Å²) in [5.41, 5.74) is 2.29. The van der Waals surface area contributed by atoms with Crippen LogP contribution in [-0.4, -0.2) is 18.6 Å². The number of benzene rings is 1. The molecule has 2 rings (SSSR count). The Kier molecular flexibility index (Phi) is 4.81. The first kappa shape index (κ1) is 14.6. The largest absolute Gasteiger partial charge is 0.459 e. The third kappa shape index (κ3) is 4.11. The summed E-state index contributed by atoms with van der Waals surface area (Å²) in [6, 6.07) is 5.42. The fraction of sp³-hybridized carbons (Fsp3) is 0.471. The number of hydrogen-bond acceptors (Lipinski definition) is 3. The van der Waals surface area contributed by atoms with Gasteiger partial charge in [-0.05, 0) is 62.9 Å². The van der Waals surface area contributed by atoms with Gasteiger partial charge in [0.05, 0.1) is 11.7 Å². The highest BCUT2D eigenvalue weighted by Crippen LogP contribution is 2.27. The molecular formula is C17H21NO2.